The lowest BCUT2D eigenvalue weighted by atomic mass is 10.0. The molecule has 0 aromatic carbocycles. The first kappa shape index (κ1) is 10.1. The molecule has 68 valence electrons. The standard InChI is InChI=1S/C9H14BrNS/c1-6(2)3-4-7-5-8(10)12-9(7)11/h5-6H,3-4,11H2,1-2H3. The maximum absolute atomic E-state index is 5.82. The van der Waals surface area contributed by atoms with Crippen LogP contribution in [0.3, 0.4) is 0 Å². The van der Waals surface area contributed by atoms with Gasteiger partial charge in [-0.2, -0.15) is 0 Å². The minimum absolute atomic E-state index is 0.753. The summed E-state index contributed by atoms with van der Waals surface area (Å²) in [4.78, 5) is 0. The van der Waals surface area contributed by atoms with Gasteiger partial charge >= 0.3 is 0 Å². The fraction of sp³-hybridized carbons (Fsp3) is 0.556. The van der Waals surface area contributed by atoms with Crippen molar-refractivity contribution >= 4 is 32.3 Å². The summed E-state index contributed by atoms with van der Waals surface area (Å²) in [6.45, 7) is 4.47. The van der Waals surface area contributed by atoms with Gasteiger partial charge in [0.05, 0.1) is 8.79 Å². The molecule has 0 spiro atoms. The maximum atomic E-state index is 5.82. The Hall–Kier alpha value is -0.0200. The van der Waals surface area contributed by atoms with Gasteiger partial charge in [0.15, 0.2) is 0 Å². The van der Waals surface area contributed by atoms with Crippen molar-refractivity contribution in [3.05, 3.63) is 15.4 Å². The molecule has 0 fully saturated rings. The molecule has 1 nitrogen and oxygen atoms in total. The Kier molecular flexibility index (Phi) is 3.59. The predicted octanol–water partition coefficient (Wildman–Crippen LogP) is 3.68. The molecule has 1 aromatic rings. The molecule has 0 aliphatic rings. The third-order valence-electron chi connectivity index (χ3n) is 1.80. The van der Waals surface area contributed by atoms with Crippen LogP contribution in [0, 0.1) is 5.92 Å². The molecule has 0 saturated carbocycles. The van der Waals surface area contributed by atoms with E-state index in [1.165, 1.54) is 12.0 Å². The van der Waals surface area contributed by atoms with E-state index in [9.17, 15) is 0 Å². The highest BCUT2D eigenvalue weighted by molar-refractivity contribution is 9.11. The Morgan fingerprint density at radius 1 is 1.58 bits per heavy atom. The molecule has 2 N–H and O–H groups in total. The van der Waals surface area contributed by atoms with E-state index in [1.807, 2.05) is 0 Å². The molecule has 0 unspecified atom stereocenters. The Balaban J connectivity index is 2.57. The van der Waals surface area contributed by atoms with Crippen molar-refractivity contribution in [2.75, 3.05) is 5.73 Å². The van der Waals surface area contributed by atoms with Gasteiger partial charge in [0.1, 0.15) is 0 Å². The van der Waals surface area contributed by atoms with Crippen LogP contribution in [0.4, 0.5) is 5.00 Å². The highest BCUT2D eigenvalue weighted by atomic mass is 79.9. The number of thiophene rings is 1. The van der Waals surface area contributed by atoms with Crippen LogP contribution >= 0.6 is 27.3 Å². The molecule has 0 aliphatic carbocycles. The van der Waals surface area contributed by atoms with Crippen LogP contribution < -0.4 is 5.73 Å². The SMILES string of the molecule is CC(C)CCc1cc(Br)sc1N. The summed E-state index contributed by atoms with van der Waals surface area (Å²) in [5, 5.41) is 0.961. The molecule has 1 rings (SSSR count). The average Bonchev–Trinajstić information content (AvgIpc) is 2.26. The topological polar surface area (TPSA) is 26.0 Å². The van der Waals surface area contributed by atoms with E-state index in [2.05, 4.69) is 35.8 Å². The van der Waals surface area contributed by atoms with Crippen LogP contribution in [-0.4, -0.2) is 0 Å². The quantitative estimate of drug-likeness (QED) is 0.867. The van der Waals surface area contributed by atoms with Crippen LogP contribution in [0.5, 0.6) is 0 Å². The first-order chi connectivity index (χ1) is 5.59. The van der Waals surface area contributed by atoms with E-state index < -0.39 is 0 Å². The summed E-state index contributed by atoms with van der Waals surface area (Å²) in [5.41, 5.74) is 7.11. The van der Waals surface area contributed by atoms with Crippen LogP contribution in [0.1, 0.15) is 25.8 Å². The second-order valence-corrected chi connectivity index (χ2v) is 5.84. The summed E-state index contributed by atoms with van der Waals surface area (Å²) in [5.74, 6) is 0.753. The van der Waals surface area contributed by atoms with Crippen molar-refractivity contribution in [3.63, 3.8) is 0 Å². The molecule has 1 heterocycles. The Morgan fingerprint density at radius 2 is 2.25 bits per heavy atom. The van der Waals surface area contributed by atoms with Crippen LogP contribution in [0.15, 0.2) is 9.85 Å². The summed E-state index contributed by atoms with van der Waals surface area (Å²) in [7, 11) is 0. The van der Waals surface area contributed by atoms with E-state index in [0.29, 0.717) is 0 Å². The molecular formula is C9H14BrNS. The zero-order valence-corrected chi connectivity index (χ0v) is 9.83. The molecule has 1 aromatic heterocycles. The monoisotopic (exact) mass is 247 g/mol. The first-order valence-electron chi connectivity index (χ1n) is 4.13. The van der Waals surface area contributed by atoms with E-state index in [1.54, 1.807) is 11.3 Å². The van der Waals surface area contributed by atoms with E-state index in [-0.39, 0.29) is 0 Å². The second kappa shape index (κ2) is 4.28. The van der Waals surface area contributed by atoms with Gasteiger partial charge < -0.3 is 5.73 Å². The first-order valence-corrected chi connectivity index (χ1v) is 5.74. The molecular weight excluding hydrogens is 234 g/mol. The average molecular weight is 248 g/mol. The predicted molar refractivity (Wildman–Crippen MR) is 59.6 cm³/mol. The maximum Gasteiger partial charge on any atom is 0.0900 e. The van der Waals surface area contributed by atoms with Gasteiger partial charge in [0.2, 0.25) is 0 Å². The number of halogens is 1. The molecule has 0 atom stereocenters. The van der Waals surface area contributed by atoms with E-state index in [4.69, 9.17) is 5.73 Å². The molecule has 0 amide bonds. The third kappa shape index (κ3) is 2.79. The molecule has 12 heavy (non-hydrogen) atoms. The third-order valence-corrected chi connectivity index (χ3v) is 3.31. The lowest BCUT2D eigenvalue weighted by Crippen LogP contribution is -1.93. The number of anilines is 1. The van der Waals surface area contributed by atoms with Crippen molar-refractivity contribution in [2.45, 2.75) is 26.7 Å². The number of hydrogen-bond acceptors (Lipinski definition) is 2. The van der Waals surface area contributed by atoms with Crippen molar-refractivity contribution < 1.29 is 0 Å². The normalized spacial score (nSPS) is 11.0. The van der Waals surface area contributed by atoms with Crippen molar-refractivity contribution in [2.24, 2.45) is 5.92 Å². The lowest BCUT2D eigenvalue weighted by molar-refractivity contribution is 0.588. The largest absolute Gasteiger partial charge is 0.390 e. The van der Waals surface area contributed by atoms with Gasteiger partial charge in [0, 0.05) is 0 Å². The molecule has 0 radical (unpaired) electrons. The minimum Gasteiger partial charge on any atom is -0.390 e. The van der Waals surface area contributed by atoms with Gasteiger partial charge in [-0.25, -0.2) is 0 Å². The highest BCUT2D eigenvalue weighted by Gasteiger charge is 2.04. The Bertz CT molecular complexity index is 255. The van der Waals surface area contributed by atoms with Crippen LogP contribution in [0.25, 0.3) is 0 Å². The summed E-state index contributed by atoms with van der Waals surface area (Å²) < 4.78 is 1.14. The fourth-order valence-corrected chi connectivity index (χ4v) is 2.55. The Labute approximate surface area is 86.1 Å². The van der Waals surface area contributed by atoms with Crippen molar-refractivity contribution in [1.29, 1.82) is 0 Å². The second-order valence-electron chi connectivity index (χ2n) is 3.37. The van der Waals surface area contributed by atoms with Gasteiger partial charge in [0.25, 0.3) is 0 Å². The zero-order valence-electron chi connectivity index (χ0n) is 7.43. The number of nitrogens with two attached hydrogens (primary N) is 1. The fourth-order valence-electron chi connectivity index (χ4n) is 1.05. The molecule has 0 bridgehead atoms. The van der Waals surface area contributed by atoms with Crippen molar-refractivity contribution in [1.82, 2.24) is 0 Å². The summed E-state index contributed by atoms with van der Waals surface area (Å²) in [6, 6.07) is 2.13. The zero-order chi connectivity index (χ0) is 9.14. The van der Waals surface area contributed by atoms with E-state index in [0.717, 1.165) is 21.1 Å². The summed E-state index contributed by atoms with van der Waals surface area (Å²) in [6.07, 6.45) is 2.32. The number of hydrogen-bond donors (Lipinski definition) is 1. The highest BCUT2D eigenvalue weighted by Crippen LogP contribution is 2.30. The smallest absolute Gasteiger partial charge is 0.0900 e. The van der Waals surface area contributed by atoms with Crippen LogP contribution in [-0.2, 0) is 6.42 Å². The van der Waals surface area contributed by atoms with Gasteiger partial charge in [-0.3, -0.25) is 0 Å². The molecule has 0 aliphatic heterocycles. The van der Waals surface area contributed by atoms with Gasteiger partial charge in [-0.05, 0) is 46.3 Å². The van der Waals surface area contributed by atoms with Crippen LogP contribution in [0.2, 0.25) is 0 Å². The lowest BCUT2D eigenvalue weighted by Gasteiger charge is -2.02. The number of nitrogen functional groups attached to an aromatic ring is 1. The molecule has 3 heteroatoms. The van der Waals surface area contributed by atoms with Gasteiger partial charge in [-0.15, -0.1) is 11.3 Å². The number of rotatable bonds is 3. The molecule has 0 saturated heterocycles. The Morgan fingerprint density at radius 3 is 2.67 bits per heavy atom. The van der Waals surface area contributed by atoms with Crippen molar-refractivity contribution in [3.8, 4) is 0 Å². The van der Waals surface area contributed by atoms with Gasteiger partial charge in [-0.1, -0.05) is 13.8 Å². The summed E-state index contributed by atoms with van der Waals surface area (Å²) >= 11 is 5.04. The number of aryl methyl sites for hydroxylation is 1. The van der Waals surface area contributed by atoms with E-state index >= 15 is 0 Å². The minimum atomic E-state index is 0.753.